The van der Waals surface area contributed by atoms with Crippen LogP contribution in [0.15, 0.2) is 76.5 Å². The third-order valence-corrected chi connectivity index (χ3v) is 6.00. The number of nitrogens with one attached hydrogen (secondary N) is 2. The Morgan fingerprint density at radius 2 is 1.89 bits per heavy atom. The average Bonchev–Trinajstić information content (AvgIpc) is 3.59. The molecule has 1 aliphatic rings. The van der Waals surface area contributed by atoms with Gasteiger partial charge in [-0.15, -0.1) is 5.10 Å². The first-order valence-electron chi connectivity index (χ1n) is 11.8. The van der Waals surface area contributed by atoms with Gasteiger partial charge in [-0.3, -0.25) is 4.79 Å². The first-order valence-corrected chi connectivity index (χ1v) is 11.8. The molecule has 0 saturated heterocycles. The van der Waals surface area contributed by atoms with E-state index in [2.05, 4.69) is 15.6 Å². The zero-order valence-corrected chi connectivity index (χ0v) is 20.9. The molecule has 0 radical (unpaired) electrons. The lowest BCUT2D eigenvalue weighted by atomic mass is 9.94. The van der Waals surface area contributed by atoms with Gasteiger partial charge in [0, 0.05) is 5.70 Å². The number of hydrogen-bond donors (Lipinski definition) is 2. The zero-order chi connectivity index (χ0) is 25.9. The standard InChI is InChI=1S/C27H27N5O5/c1-5-36-20-13-12-17(15-22(20)35-4)24-23(26(33)29-18-9-6-7-10-19(18)34-3)16(2)28-27-30-25(31-32(24)27)21-11-8-14-37-21/h6-15,24H,5H2,1-4H3,(H,29,33)(H,28,30,31). The van der Waals surface area contributed by atoms with E-state index in [1.54, 1.807) is 49.4 Å². The fraction of sp³-hybridized carbons (Fsp3) is 0.222. The summed E-state index contributed by atoms with van der Waals surface area (Å²) in [6.45, 7) is 4.24. The molecule has 0 bridgehead atoms. The highest BCUT2D eigenvalue weighted by atomic mass is 16.5. The first kappa shape index (κ1) is 24.0. The molecule has 0 saturated carbocycles. The normalized spacial score (nSPS) is 14.5. The van der Waals surface area contributed by atoms with E-state index in [9.17, 15) is 4.79 Å². The lowest BCUT2D eigenvalue weighted by Gasteiger charge is -2.29. The zero-order valence-electron chi connectivity index (χ0n) is 20.9. The molecule has 1 amide bonds. The molecule has 1 unspecified atom stereocenters. The van der Waals surface area contributed by atoms with Gasteiger partial charge in [0.05, 0.1) is 38.4 Å². The smallest absolute Gasteiger partial charge is 0.255 e. The van der Waals surface area contributed by atoms with Gasteiger partial charge in [-0.1, -0.05) is 18.2 Å². The number of para-hydroxylation sites is 2. The number of allylic oxidation sites excluding steroid dienone is 1. The highest BCUT2D eigenvalue weighted by molar-refractivity contribution is 6.06. The monoisotopic (exact) mass is 501 g/mol. The number of carbonyl (C=O) groups excluding carboxylic acids is 1. The number of furan rings is 1. The Labute approximate surface area is 213 Å². The SMILES string of the molecule is CCOc1ccc(C2C(C(=O)Nc3ccccc3OC)=C(C)Nc3nc(-c4ccco4)nn32)cc1OC. The second-order valence-corrected chi connectivity index (χ2v) is 8.24. The predicted molar refractivity (Wildman–Crippen MR) is 138 cm³/mol. The fourth-order valence-electron chi connectivity index (χ4n) is 4.33. The number of ether oxygens (including phenoxy) is 3. The maximum Gasteiger partial charge on any atom is 0.255 e. The van der Waals surface area contributed by atoms with E-state index in [1.165, 1.54) is 0 Å². The summed E-state index contributed by atoms with van der Waals surface area (Å²) in [5, 5.41) is 10.9. The van der Waals surface area contributed by atoms with Crippen LogP contribution in [0.5, 0.6) is 17.2 Å². The van der Waals surface area contributed by atoms with Crippen molar-refractivity contribution in [2.75, 3.05) is 31.5 Å². The lowest BCUT2D eigenvalue weighted by molar-refractivity contribution is -0.113. The number of fused-ring (bicyclic) bond motifs is 1. The number of carbonyl (C=O) groups is 1. The fourth-order valence-corrected chi connectivity index (χ4v) is 4.33. The van der Waals surface area contributed by atoms with Crippen molar-refractivity contribution >= 4 is 17.5 Å². The van der Waals surface area contributed by atoms with E-state index >= 15 is 0 Å². The number of benzene rings is 2. The van der Waals surface area contributed by atoms with E-state index in [0.29, 0.717) is 58.3 Å². The molecule has 2 N–H and O–H groups in total. The van der Waals surface area contributed by atoms with Crippen LogP contribution in [0, 0.1) is 0 Å². The molecule has 10 nitrogen and oxygen atoms in total. The van der Waals surface area contributed by atoms with Crippen molar-refractivity contribution in [3.05, 3.63) is 77.7 Å². The van der Waals surface area contributed by atoms with Crippen LogP contribution < -0.4 is 24.8 Å². The van der Waals surface area contributed by atoms with E-state index in [4.69, 9.17) is 23.7 Å². The highest BCUT2D eigenvalue weighted by Crippen LogP contribution is 2.40. The van der Waals surface area contributed by atoms with Crippen LogP contribution in [-0.4, -0.2) is 41.5 Å². The van der Waals surface area contributed by atoms with E-state index < -0.39 is 6.04 Å². The van der Waals surface area contributed by atoms with Crippen molar-refractivity contribution in [3.8, 4) is 28.8 Å². The minimum Gasteiger partial charge on any atom is -0.495 e. The van der Waals surface area contributed by atoms with Crippen LogP contribution in [0.3, 0.4) is 0 Å². The van der Waals surface area contributed by atoms with Gasteiger partial charge in [0.15, 0.2) is 17.3 Å². The Morgan fingerprint density at radius 1 is 1.08 bits per heavy atom. The van der Waals surface area contributed by atoms with Crippen LogP contribution >= 0.6 is 0 Å². The molecule has 3 heterocycles. The summed E-state index contributed by atoms with van der Waals surface area (Å²) in [6, 6.07) is 15.8. The van der Waals surface area contributed by atoms with Gasteiger partial charge in [-0.05, 0) is 55.8 Å². The maximum absolute atomic E-state index is 13.8. The minimum absolute atomic E-state index is 0.312. The largest absolute Gasteiger partial charge is 0.495 e. The summed E-state index contributed by atoms with van der Waals surface area (Å²) in [7, 11) is 3.14. The summed E-state index contributed by atoms with van der Waals surface area (Å²) in [4.78, 5) is 18.4. The third kappa shape index (κ3) is 4.49. The number of nitrogens with zero attached hydrogens (tertiary/aromatic N) is 3. The molecular formula is C27H27N5O5. The summed E-state index contributed by atoms with van der Waals surface area (Å²) in [5.41, 5.74) is 2.42. The van der Waals surface area contributed by atoms with Gasteiger partial charge in [0.25, 0.3) is 5.91 Å². The highest BCUT2D eigenvalue weighted by Gasteiger charge is 2.35. The van der Waals surface area contributed by atoms with Gasteiger partial charge in [0.1, 0.15) is 11.8 Å². The van der Waals surface area contributed by atoms with E-state index in [1.807, 2.05) is 44.2 Å². The molecular weight excluding hydrogens is 474 g/mol. The summed E-state index contributed by atoms with van der Waals surface area (Å²) >= 11 is 0. The van der Waals surface area contributed by atoms with Crippen LogP contribution in [-0.2, 0) is 4.79 Å². The minimum atomic E-state index is -0.619. The number of rotatable bonds is 8. The molecule has 37 heavy (non-hydrogen) atoms. The molecule has 5 rings (SSSR count). The molecule has 0 spiro atoms. The van der Waals surface area contributed by atoms with Gasteiger partial charge in [0.2, 0.25) is 11.8 Å². The van der Waals surface area contributed by atoms with Crippen molar-refractivity contribution in [3.63, 3.8) is 0 Å². The molecule has 190 valence electrons. The Bertz CT molecular complexity index is 1460. The van der Waals surface area contributed by atoms with Crippen LogP contribution in [0.4, 0.5) is 11.6 Å². The summed E-state index contributed by atoms with van der Waals surface area (Å²) in [6.07, 6.45) is 1.56. The van der Waals surface area contributed by atoms with Crippen LogP contribution in [0.1, 0.15) is 25.5 Å². The van der Waals surface area contributed by atoms with Gasteiger partial charge >= 0.3 is 0 Å². The Hall–Kier alpha value is -4.73. The summed E-state index contributed by atoms with van der Waals surface area (Å²) in [5.74, 6) is 2.80. The van der Waals surface area contributed by atoms with Crippen molar-refractivity contribution in [1.29, 1.82) is 0 Å². The number of amides is 1. The van der Waals surface area contributed by atoms with Crippen LogP contribution in [0.2, 0.25) is 0 Å². The Balaban J connectivity index is 1.62. The third-order valence-electron chi connectivity index (χ3n) is 6.00. The second kappa shape index (κ2) is 10.1. The van der Waals surface area contributed by atoms with Crippen molar-refractivity contribution in [2.24, 2.45) is 0 Å². The number of methoxy groups -OCH3 is 2. The maximum atomic E-state index is 13.8. The lowest BCUT2D eigenvalue weighted by Crippen LogP contribution is -2.31. The second-order valence-electron chi connectivity index (χ2n) is 8.24. The predicted octanol–water partition coefficient (Wildman–Crippen LogP) is 4.88. The average molecular weight is 502 g/mol. The number of aromatic nitrogens is 3. The van der Waals surface area contributed by atoms with Gasteiger partial charge in [-0.25, -0.2) is 4.68 Å². The molecule has 1 atom stereocenters. The van der Waals surface area contributed by atoms with E-state index in [0.717, 1.165) is 5.56 Å². The Kier molecular flexibility index (Phi) is 6.55. The van der Waals surface area contributed by atoms with Gasteiger partial charge < -0.3 is 29.3 Å². The van der Waals surface area contributed by atoms with Crippen molar-refractivity contribution < 1.29 is 23.4 Å². The quantitative estimate of drug-likeness (QED) is 0.351. The molecule has 4 aromatic rings. The number of anilines is 2. The number of hydrogen-bond acceptors (Lipinski definition) is 8. The topological polar surface area (TPSA) is 113 Å². The van der Waals surface area contributed by atoms with Crippen molar-refractivity contribution in [1.82, 2.24) is 14.8 Å². The van der Waals surface area contributed by atoms with Crippen molar-refractivity contribution in [2.45, 2.75) is 19.9 Å². The molecule has 0 aliphatic carbocycles. The molecule has 2 aromatic carbocycles. The molecule has 0 fully saturated rings. The van der Waals surface area contributed by atoms with E-state index in [-0.39, 0.29) is 5.91 Å². The molecule has 10 heteroatoms. The van der Waals surface area contributed by atoms with Gasteiger partial charge in [-0.2, -0.15) is 4.98 Å². The Morgan fingerprint density at radius 3 is 2.62 bits per heavy atom. The molecule has 2 aromatic heterocycles. The van der Waals surface area contributed by atoms with Crippen LogP contribution in [0.25, 0.3) is 11.6 Å². The summed E-state index contributed by atoms with van der Waals surface area (Å²) < 4.78 is 23.9. The molecule has 1 aliphatic heterocycles. The first-order chi connectivity index (χ1) is 18.0.